The minimum absolute atomic E-state index is 0.0308. The number of fused-ring (bicyclic) bond motifs is 4. The highest BCUT2D eigenvalue weighted by Gasteiger charge is 2.49. The van der Waals surface area contributed by atoms with Crippen LogP contribution >= 0.6 is 0 Å². The molecule has 2 aromatic rings. The van der Waals surface area contributed by atoms with Crippen molar-refractivity contribution in [2.45, 2.75) is 44.6 Å². The molecule has 4 aliphatic rings. The van der Waals surface area contributed by atoms with Crippen LogP contribution in [-0.4, -0.2) is 71.8 Å². The van der Waals surface area contributed by atoms with Gasteiger partial charge in [-0.1, -0.05) is 13.3 Å². The fourth-order valence-electron chi connectivity index (χ4n) is 6.52. The molecule has 3 fully saturated rings. The molecule has 3 aliphatic heterocycles. The van der Waals surface area contributed by atoms with Gasteiger partial charge in [-0.15, -0.1) is 0 Å². The quantitative estimate of drug-likeness (QED) is 0.813. The van der Waals surface area contributed by atoms with Crippen molar-refractivity contribution in [2.75, 3.05) is 40.3 Å². The van der Waals surface area contributed by atoms with Crippen molar-refractivity contribution >= 4 is 16.9 Å². The summed E-state index contributed by atoms with van der Waals surface area (Å²) < 4.78 is 1.96. The highest BCUT2D eigenvalue weighted by Crippen LogP contribution is 2.52. The van der Waals surface area contributed by atoms with Crippen LogP contribution in [0.2, 0.25) is 0 Å². The fraction of sp³-hybridized carbons (Fsp3) is 0.625. The van der Waals surface area contributed by atoms with Crippen LogP contribution in [0.25, 0.3) is 10.9 Å². The molecule has 4 heterocycles. The van der Waals surface area contributed by atoms with Gasteiger partial charge in [-0.2, -0.15) is 0 Å². The summed E-state index contributed by atoms with van der Waals surface area (Å²) in [5.74, 6) is 2.11. The molecule has 1 unspecified atom stereocenters. The first-order chi connectivity index (χ1) is 14.5. The summed E-state index contributed by atoms with van der Waals surface area (Å²) in [4.78, 5) is 18.2. The van der Waals surface area contributed by atoms with Crippen LogP contribution in [0.4, 0.5) is 4.79 Å². The van der Waals surface area contributed by atoms with E-state index < -0.39 is 0 Å². The maximum absolute atomic E-state index is 13.4. The molecule has 2 N–H and O–H groups in total. The second kappa shape index (κ2) is 7.57. The predicted octanol–water partition coefficient (Wildman–Crippen LogP) is 3.23. The first kappa shape index (κ1) is 19.9. The number of likely N-dealkylation sites (N-methyl/N-ethyl adjacent to an activating group) is 1. The molecular formula is C24H34N4O2. The average Bonchev–Trinajstić information content (AvgIpc) is 2.99. The molecule has 0 radical (unpaired) electrons. The summed E-state index contributed by atoms with van der Waals surface area (Å²) in [6.07, 6.45) is 4.67. The van der Waals surface area contributed by atoms with Crippen molar-refractivity contribution < 1.29 is 9.90 Å². The maximum atomic E-state index is 13.4. The van der Waals surface area contributed by atoms with Gasteiger partial charge in [0.25, 0.3) is 0 Å². The molecular weight excluding hydrogens is 376 g/mol. The van der Waals surface area contributed by atoms with Gasteiger partial charge in [0.2, 0.25) is 0 Å². The zero-order chi connectivity index (χ0) is 21.0. The van der Waals surface area contributed by atoms with E-state index in [9.17, 15) is 9.90 Å². The van der Waals surface area contributed by atoms with E-state index >= 15 is 0 Å². The fourth-order valence-corrected chi connectivity index (χ4v) is 6.52. The molecule has 1 amide bonds. The lowest BCUT2D eigenvalue weighted by Crippen LogP contribution is -2.56. The molecule has 1 saturated carbocycles. The average molecular weight is 411 g/mol. The van der Waals surface area contributed by atoms with Crippen LogP contribution in [-0.2, 0) is 6.42 Å². The third-order valence-electron chi connectivity index (χ3n) is 7.69. The van der Waals surface area contributed by atoms with Gasteiger partial charge in [0, 0.05) is 49.2 Å². The second-order valence-electron chi connectivity index (χ2n) is 9.78. The molecule has 6 nitrogen and oxygen atoms in total. The van der Waals surface area contributed by atoms with Crippen LogP contribution in [0.15, 0.2) is 18.2 Å². The number of rotatable bonds is 4. The minimum Gasteiger partial charge on any atom is -0.508 e. The van der Waals surface area contributed by atoms with Crippen LogP contribution < -0.4 is 5.32 Å². The number of hydrogen-bond acceptors (Lipinski definition) is 4. The van der Waals surface area contributed by atoms with Crippen molar-refractivity contribution in [1.29, 1.82) is 0 Å². The number of amides is 1. The Kier molecular flexibility index (Phi) is 5.02. The van der Waals surface area contributed by atoms with Gasteiger partial charge >= 0.3 is 6.03 Å². The summed E-state index contributed by atoms with van der Waals surface area (Å²) >= 11 is 0. The number of carbonyl (C=O) groups excluding carboxylic acids is 1. The number of piperidine rings is 2. The Bertz CT molecular complexity index is 966. The lowest BCUT2D eigenvalue weighted by molar-refractivity contribution is -0.0138. The molecule has 1 aromatic carbocycles. The van der Waals surface area contributed by atoms with Crippen molar-refractivity contribution in [3.8, 4) is 5.75 Å². The summed E-state index contributed by atoms with van der Waals surface area (Å²) in [7, 11) is 4.04. The van der Waals surface area contributed by atoms with E-state index in [1.165, 1.54) is 37.1 Å². The lowest BCUT2D eigenvalue weighted by Gasteiger charge is -2.53. The molecule has 0 spiro atoms. The molecule has 5 atom stereocenters. The predicted molar refractivity (Wildman–Crippen MR) is 119 cm³/mol. The number of hydrogen-bond donors (Lipinski definition) is 2. The maximum Gasteiger partial charge on any atom is 0.326 e. The van der Waals surface area contributed by atoms with Crippen molar-refractivity contribution in [3.63, 3.8) is 0 Å². The van der Waals surface area contributed by atoms with Crippen molar-refractivity contribution in [2.24, 2.45) is 11.8 Å². The first-order valence-electron chi connectivity index (χ1n) is 11.5. The Morgan fingerprint density at radius 1 is 1.30 bits per heavy atom. The minimum atomic E-state index is -0.0308. The van der Waals surface area contributed by atoms with Gasteiger partial charge in [-0.25, -0.2) is 4.79 Å². The van der Waals surface area contributed by atoms with E-state index in [0.29, 0.717) is 24.4 Å². The number of aromatic hydroxyl groups is 1. The zero-order valence-electron chi connectivity index (χ0n) is 18.4. The monoisotopic (exact) mass is 410 g/mol. The number of nitrogens with one attached hydrogen (secondary N) is 1. The Labute approximate surface area is 178 Å². The largest absolute Gasteiger partial charge is 0.508 e. The van der Waals surface area contributed by atoms with E-state index in [1.54, 1.807) is 6.07 Å². The van der Waals surface area contributed by atoms with Gasteiger partial charge in [0.15, 0.2) is 0 Å². The second-order valence-corrected chi connectivity index (χ2v) is 9.78. The topological polar surface area (TPSA) is 60.7 Å². The van der Waals surface area contributed by atoms with Gasteiger partial charge < -0.3 is 15.3 Å². The van der Waals surface area contributed by atoms with Crippen molar-refractivity contribution in [1.82, 2.24) is 19.7 Å². The standard InChI is InChI=1S/C24H34N4O2/c1-4-16-11-15-12-20-22(16)27(14-15)9-7-18-19-13-17(29)5-6-21(19)28(23(18)20)24(30)25-8-10-26(2)3/h5-6,13,15-16,20,22,29H,4,7-12,14H2,1-3H3,(H,25,30)/t15-,16+,20-,22+/m1/s1. The van der Waals surface area contributed by atoms with Gasteiger partial charge in [0.1, 0.15) is 5.75 Å². The van der Waals surface area contributed by atoms with E-state index in [0.717, 1.165) is 36.3 Å². The Morgan fingerprint density at radius 2 is 2.13 bits per heavy atom. The molecule has 6 rings (SSSR count). The molecule has 30 heavy (non-hydrogen) atoms. The number of aromatic nitrogens is 1. The third-order valence-corrected chi connectivity index (χ3v) is 7.69. The summed E-state index contributed by atoms with van der Waals surface area (Å²) in [5.41, 5.74) is 3.43. The van der Waals surface area contributed by atoms with Gasteiger partial charge in [-0.05, 0) is 69.0 Å². The van der Waals surface area contributed by atoms with Crippen LogP contribution in [0.1, 0.15) is 43.4 Å². The summed E-state index contributed by atoms with van der Waals surface area (Å²) in [6, 6.07) is 5.99. The van der Waals surface area contributed by atoms with Crippen LogP contribution in [0, 0.1) is 11.8 Å². The smallest absolute Gasteiger partial charge is 0.326 e. The molecule has 2 saturated heterocycles. The highest BCUT2D eigenvalue weighted by molar-refractivity contribution is 5.96. The van der Waals surface area contributed by atoms with Crippen LogP contribution in [0.3, 0.4) is 0 Å². The molecule has 162 valence electrons. The number of phenols is 1. The van der Waals surface area contributed by atoms with Crippen LogP contribution in [0.5, 0.6) is 5.75 Å². The summed E-state index contributed by atoms with van der Waals surface area (Å²) in [6.45, 7) is 6.02. The molecule has 4 bridgehead atoms. The SMILES string of the molecule is CC[C@H]1C[C@@H]2C[C@H]3c4c(c5cc(O)ccc5n4C(=O)NCCN(C)C)CCN(C2)[C@@H]13. The first-order valence-corrected chi connectivity index (χ1v) is 11.5. The number of carbonyl (C=O) groups is 1. The Balaban J connectivity index is 1.63. The molecule has 1 aromatic heterocycles. The van der Waals surface area contributed by atoms with Crippen molar-refractivity contribution in [3.05, 3.63) is 29.5 Å². The normalized spacial score (nSPS) is 29.8. The van der Waals surface area contributed by atoms with E-state index in [-0.39, 0.29) is 11.8 Å². The number of nitrogens with zero attached hydrogens (tertiary/aromatic N) is 3. The van der Waals surface area contributed by atoms with Gasteiger partial charge in [-0.3, -0.25) is 9.47 Å². The molecule has 6 heteroatoms. The number of phenolic OH excluding ortho intramolecular Hbond substituents is 1. The van der Waals surface area contributed by atoms with Gasteiger partial charge in [0.05, 0.1) is 5.52 Å². The molecule has 1 aliphatic carbocycles. The third kappa shape index (κ3) is 3.12. The Morgan fingerprint density at radius 3 is 2.90 bits per heavy atom. The van der Waals surface area contributed by atoms with E-state index in [2.05, 4.69) is 22.0 Å². The summed E-state index contributed by atoms with van der Waals surface area (Å²) in [5, 5.41) is 14.4. The highest BCUT2D eigenvalue weighted by atomic mass is 16.3. The number of benzene rings is 1. The van der Waals surface area contributed by atoms with E-state index in [1.807, 2.05) is 30.8 Å². The Hall–Kier alpha value is -2.05. The zero-order valence-corrected chi connectivity index (χ0v) is 18.4. The van der Waals surface area contributed by atoms with E-state index in [4.69, 9.17) is 0 Å². The lowest BCUT2D eigenvalue weighted by atomic mass is 9.65.